The van der Waals surface area contributed by atoms with Gasteiger partial charge in [-0.05, 0) is 63.9 Å². The second-order valence-corrected chi connectivity index (χ2v) is 8.16. The lowest BCUT2D eigenvalue weighted by Crippen LogP contribution is -2.41. The van der Waals surface area contributed by atoms with Crippen molar-refractivity contribution in [1.29, 1.82) is 0 Å². The zero-order valence-electron chi connectivity index (χ0n) is 17.4. The van der Waals surface area contributed by atoms with Gasteiger partial charge >= 0.3 is 6.03 Å². The number of urea groups is 1. The van der Waals surface area contributed by atoms with Gasteiger partial charge in [-0.1, -0.05) is 48.0 Å². The molecule has 1 heterocycles. The number of benzene rings is 2. The third-order valence-corrected chi connectivity index (χ3v) is 5.52. The van der Waals surface area contributed by atoms with E-state index in [9.17, 15) is 9.59 Å². The van der Waals surface area contributed by atoms with Crippen LogP contribution < -0.4 is 10.6 Å². The first-order valence-corrected chi connectivity index (χ1v) is 10.5. The van der Waals surface area contributed by atoms with Gasteiger partial charge in [-0.25, -0.2) is 4.79 Å². The summed E-state index contributed by atoms with van der Waals surface area (Å²) >= 11 is 11.5. The average molecular weight is 448 g/mol. The van der Waals surface area contributed by atoms with E-state index in [0.29, 0.717) is 33.4 Å². The van der Waals surface area contributed by atoms with E-state index in [1.807, 2.05) is 35.2 Å². The van der Waals surface area contributed by atoms with Crippen LogP contribution in [0.3, 0.4) is 0 Å². The van der Waals surface area contributed by atoms with Crippen molar-refractivity contribution in [3.63, 3.8) is 0 Å². The molecule has 5 nitrogen and oxygen atoms in total. The van der Waals surface area contributed by atoms with E-state index in [0.717, 1.165) is 18.5 Å². The summed E-state index contributed by atoms with van der Waals surface area (Å²) in [5.41, 5.74) is 1.90. The molecule has 0 aliphatic carbocycles. The number of carbonyl (C=O) groups excluding carboxylic acids is 2. The normalized spacial score (nSPS) is 17.6. The summed E-state index contributed by atoms with van der Waals surface area (Å²) in [6.45, 7) is 9.36. The van der Waals surface area contributed by atoms with Gasteiger partial charge in [0.05, 0.1) is 10.0 Å². The van der Waals surface area contributed by atoms with E-state index < -0.39 is 0 Å². The van der Waals surface area contributed by atoms with Crippen molar-refractivity contribution in [1.82, 2.24) is 4.90 Å². The van der Waals surface area contributed by atoms with E-state index in [1.165, 1.54) is 0 Å². The summed E-state index contributed by atoms with van der Waals surface area (Å²) in [7, 11) is 0. The van der Waals surface area contributed by atoms with Crippen molar-refractivity contribution >= 4 is 46.5 Å². The van der Waals surface area contributed by atoms with Crippen molar-refractivity contribution in [3.8, 4) is 0 Å². The van der Waals surface area contributed by atoms with E-state index in [4.69, 9.17) is 23.2 Å². The van der Waals surface area contributed by atoms with Crippen LogP contribution in [0.1, 0.15) is 33.6 Å². The predicted molar refractivity (Wildman–Crippen MR) is 125 cm³/mol. The zero-order chi connectivity index (χ0) is 22.3. The standard InChI is InChI=1S/C13H18N2O.C10H9Cl2NO/c1-10-8-9-11(2)15(10)13(16)14-12-6-4-3-5-7-12;1-6(2)10(14)13-7-3-4-8(11)9(12)5-7/h3-7,10-11H,8-9H2,1-2H3,(H,14,16);3-5H,1H2,2H3,(H,13,14)/t10-,11+;. The molecule has 30 heavy (non-hydrogen) atoms. The largest absolute Gasteiger partial charge is 0.322 e. The fourth-order valence-electron chi connectivity index (χ4n) is 3.12. The Kier molecular flexibility index (Phi) is 8.75. The van der Waals surface area contributed by atoms with Gasteiger partial charge in [-0.2, -0.15) is 0 Å². The summed E-state index contributed by atoms with van der Waals surface area (Å²) in [5, 5.41) is 6.43. The van der Waals surface area contributed by atoms with Crippen LogP contribution in [0, 0.1) is 0 Å². The Bertz CT molecular complexity index is 893. The topological polar surface area (TPSA) is 61.4 Å². The van der Waals surface area contributed by atoms with E-state index >= 15 is 0 Å². The number of rotatable bonds is 3. The highest BCUT2D eigenvalue weighted by Crippen LogP contribution is 2.25. The summed E-state index contributed by atoms with van der Waals surface area (Å²) in [6, 6.07) is 15.2. The molecule has 0 aromatic heterocycles. The molecule has 3 amide bonds. The summed E-state index contributed by atoms with van der Waals surface area (Å²) in [4.78, 5) is 25.2. The fourth-order valence-corrected chi connectivity index (χ4v) is 3.41. The van der Waals surface area contributed by atoms with Crippen LogP contribution in [-0.2, 0) is 4.79 Å². The van der Waals surface area contributed by atoms with Crippen LogP contribution in [0.25, 0.3) is 0 Å². The molecule has 0 radical (unpaired) electrons. The van der Waals surface area contributed by atoms with Crippen LogP contribution in [0.5, 0.6) is 0 Å². The maximum Gasteiger partial charge on any atom is 0.322 e. The molecule has 2 aromatic rings. The van der Waals surface area contributed by atoms with Crippen LogP contribution in [0.4, 0.5) is 16.2 Å². The van der Waals surface area contributed by atoms with Gasteiger partial charge in [0.25, 0.3) is 5.91 Å². The van der Waals surface area contributed by atoms with Gasteiger partial charge in [0, 0.05) is 29.0 Å². The van der Waals surface area contributed by atoms with Gasteiger partial charge in [-0.3, -0.25) is 4.79 Å². The lowest BCUT2D eigenvalue weighted by atomic mass is 10.2. The number of nitrogens with zero attached hydrogens (tertiary/aromatic N) is 1. The Labute approximate surface area is 188 Å². The van der Waals surface area contributed by atoms with Crippen LogP contribution in [0.2, 0.25) is 10.0 Å². The molecular weight excluding hydrogens is 421 g/mol. The van der Waals surface area contributed by atoms with Crippen molar-refractivity contribution in [3.05, 3.63) is 70.7 Å². The first kappa shape index (κ1) is 23.8. The quantitative estimate of drug-likeness (QED) is 0.520. The Morgan fingerprint density at radius 1 is 0.933 bits per heavy atom. The number of hydrogen-bond acceptors (Lipinski definition) is 2. The molecule has 0 saturated carbocycles. The first-order valence-electron chi connectivity index (χ1n) is 9.75. The lowest BCUT2D eigenvalue weighted by Gasteiger charge is -2.26. The molecule has 0 spiro atoms. The van der Waals surface area contributed by atoms with Crippen LogP contribution >= 0.6 is 23.2 Å². The monoisotopic (exact) mass is 447 g/mol. The molecule has 7 heteroatoms. The molecule has 1 aliphatic rings. The second-order valence-electron chi connectivity index (χ2n) is 7.34. The molecule has 0 unspecified atom stereocenters. The van der Waals surface area contributed by atoms with E-state index in [-0.39, 0.29) is 11.9 Å². The smallest absolute Gasteiger partial charge is 0.322 e. The molecule has 1 fully saturated rings. The molecule has 0 bridgehead atoms. The van der Waals surface area contributed by atoms with E-state index in [2.05, 4.69) is 31.1 Å². The maximum atomic E-state index is 12.1. The molecule has 2 atom stereocenters. The minimum Gasteiger partial charge on any atom is -0.322 e. The number of likely N-dealkylation sites (tertiary alicyclic amines) is 1. The number of amides is 3. The molecular formula is C23H27Cl2N3O2. The Hall–Kier alpha value is -2.50. The Morgan fingerprint density at radius 3 is 2.07 bits per heavy atom. The highest BCUT2D eigenvalue weighted by Gasteiger charge is 2.31. The van der Waals surface area contributed by atoms with Crippen molar-refractivity contribution in [2.75, 3.05) is 10.6 Å². The van der Waals surface area contributed by atoms with Crippen LogP contribution in [0.15, 0.2) is 60.7 Å². The first-order chi connectivity index (χ1) is 14.2. The summed E-state index contributed by atoms with van der Waals surface area (Å²) < 4.78 is 0. The number of hydrogen-bond donors (Lipinski definition) is 2. The lowest BCUT2D eigenvalue weighted by molar-refractivity contribution is -0.112. The molecule has 160 valence electrons. The highest BCUT2D eigenvalue weighted by atomic mass is 35.5. The molecule has 1 aliphatic heterocycles. The summed E-state index contributed by atoms with van der Waals surface area (Å²) in [5.74, 6) is -0.233. The van der Waals surface area contributed by atoms with Crippen LogP contribution in [-0.4, -0.2) is 28.9 Å². The molecule has 2 aromatic carbocycles. The predicted octanol–water partition coefficient (Wildman–Crippen LogP) is 6.60. The van der Waals surface area contributed by atoms with Gasteiger partial charge in [0.1, 0.15) is 0 Å². The zero-order valence-corrected chi connectivity index (χ0v) is 18.9. The van der Waals surface area contributed by atoms with Crippen molar-refractivity contribution in [2.45, 2.75) is 45.7 Å². The number of halogens is 2. The highest BCUT2D eigenvalue weighted by molar-refractivity contribution is 6.42. The summed E-state index contributed by atoms with van der Waals surface area (Å²) in [6.07, 6.45) is 2.20. The average Bonchev–Trinajstić information content (AvgIpc) is 3.04. The molecule has 1 saturated heterocycles. The third kappa shape index (κ3) is 6.78. The van der Waals surface area contributed by atoms with Gasteiger partial charge in [0.2, 0.25) is 0 Å². The van der Waals surface area contributed by atoms with Crippen molar-refractivity contribution in [2.24, 2.45) is 0 Å². The SMILES string of the molecule is C=C(C)C(=O)Nc1ccc(Cl)c(Cl)c1.C[C@@H]1CC[C@H](C)N1C(=O)Nc1ccccc1. The number of carbonyl (C=O) groups is 2. The van der Waals surface area contributed by atoms with Gasteiger partial charge in [0.15, 0.2) is 0 Å². The maximum absolute atomic E-state index is 12.1. The Balaban J connectivity index is 0.000000216. The number of anilines is 2. The van der Waals surface area contributed by atoms with E-state index in [1.54, 1.807) is 25.1 Å². The fraction of sp³-hybridized carbons (Fsp3) is 0.304. The molecule has 2 N–H and O–H groups in total. The van der Waals surface area contributed by atoms with Gasteiger partial charge < -0.3 is 15.5 Å². The Morgan fingerprint density at radius 2 is 1.53 bits per heavy atom. The minimum atomic E-state index is -0.233. The number of nitrogens with one attached hydrogen (secondary N) is 2. The van der Waals surface area contributed by atoms with Crippen molar-refractivity contribution < 1.29 is 9.59 Å². The number of para-hydroxylation sites is 1. The molecule has 3 rings (SSSR count). The van der Waals surface area contributed by atoms with Gasteiger partial charge in [-0.15, -0.1) is 0 Å². The second kappa shape index (κ2) is 11.0. The third-order valence-electron chi connectivity index (χ3n) is 4.78. The minimum absolute atomic E-state index is 0.0173.